The van der Waals surface area contributed by atoms with Gasteiger partial charge in [-0.1, -0.05) is 61.5 Å². The van der Waals surface area contributed by atoms with Gasteiger partial charge in [-0.25, -0.2) is 0 Å². The highest BCUT2D eigenvalue weighted by Crippen LogP contribution is 2.21. The Morgan fingerprint density at radius 2 is 1.78 bits per heavy atom. The molecule has 0 atom stereocenters. The molecule has 1 heterocycles. The molecule has 3 rings (SSSR count). The Hall–Kier alpha value is -2.51. The second-order valence-electron chi connectivity index (χ2n) is 6.32. The van der Waals surface area contributed by atoms with E-state index in [1.54, 1.807) is 0 Å². The normalized spacial score (nSPS) is 11.0. The number of aromatic nitrogens is 3. The lowest BCUT2D eigenvalue weighted by Gasteiger charge is -2.10. The molecule has 3 aromatic rings. The highest BCUT2D eigenvalue weighted by atomic mass is 35.5. The van der Waals surface area contributed by atoms with Gasteiger partial charge in [0.25, 0.3) is 0 Å². The lowest BCUT2D eigenvalue weighted by molar-refractivity contribution is 0.705. The number of hydrogen-bond donors (Lipinski definition) is 2. The third-order valence-corrected chi connectivity index (χ3v) is 5.25. The molecule has 0 radical (unpaired) electrons. The van der Waals surface area contributed by atoms with Gasteiger partial charge < -0.3 is 11.2 Å². The van der Waals surface area contributed by atoms with Crippen LogP contribution >= 0.6 is 23.4 Å². The van der Waals surface area contributed by atoms with Crippen LogP contribution in [0.5, 0.6) is 0 Å². The number of nitrogen functional groups attached to an aromatic ring is 1. The van der Waals surface area contributed by atoms with Crippen LogP contribution in [0, 0.1) is 0 Å². The number of nitrogens with two attached hydrogens (primary N) is 1. The van der Waals surface area contributed by atoms with Crippen molar-refractivity contribution < 1.29 is 0 Å². The topological polar surface area (TPSA) is 85.8 Å². The molecular formula is C19H20ClN5OS. The summed E-state index contributed by atoms with van der Waals surface area (Å²) in [7, 11) is 0. The van der Waals surface area contributed by atoms with Crippen LogP contribution in [0.15, 0.2) is 58.5 Å². The molecule has 0 amide bonds. The molecule has 140 valence electrons. The van der Waals surface area contributed by atoms with E-state index in [0.29, 0.717) is 21.8 Å². The van der Waals surface area contributed by atoms with Gasteiger partial charge in [0.15, 0.2) is 0 Å². The summed E-state index contributed by atoms with van der Waals surface area (Å²) in [6.45, 7) is 4.25. The van der Waals surface area contributed by atoms with Gasteiger partial charge in [0, 0.05) is 16.5 Å². The van der Waals surface area contributed by atoms with E-state index in [4.69, 9.17) is 17.4 Å². The highest BCUT2D eigenvalue weighted by molar-refractivity contribution is 7.98. The fourth-order valence-corrected chi connectivity index (χ4v) is 3.31. The number of hydrogen-bond acceptors (Lipinski definition) is 6. The molecule has 0 fully saturated rings. The Kier molecular flexibility index (Phi) is 6.03. The van der Waals surface area contributed by atoms with E-state index in [1.165, 1.54) is 17.3 Å². The predicted molar refractivity (Wildman–Crippen MR) is 111 cm³/mol. The Labute approximate surface area is 166 Å². The quantitative estimate of drug-likeness (QED) is 0.476. The van der Waals surface area contributed by atoms with Gasteiger partial charge in [-0.15, -0.1) is 10.2 Å². The zero-order valence-corrected chi connectivity index (χ0v) is 16.6. The molecule has 1 aromatic heterocycles. The molecule has 27 heavy (non-hydrogen) atoms. The van der Waals surface area contributed by atoms with Crippen molar-refractivity contribution in [2.24, 2.45) is 0 Å². The van der Waals surface area contributed by atoms with E-state index in [0.717, 1.165) is 15.9 Å². The smallest absolute Gasteiger partial charge is 0.315 e. The van der Waals surface area contributed by atoms with E-state index >= 15 is 0 Å². The molecule has 0 aliphatic heterocycles. The average molecular weight is 402 g/mol. The molecule has 0 saturated carbocycles. The summed E-state index contributed by atoms with van der Waals surface area (Å²) in [6, 6.07) is 15.3. The molecule has 0 spiro atoms. The van der Waals surface area contributed by atoms with Gasteiger partial charge in [0.1, 0.15) is 0 Å². The summed E-state index contributed by atoms with van der Waals surface area (Å²) in [5, 5.41) is 12.1. The molecule has 0 unspecified atom stereocenters. The Balaban J connectivity index is 1.72. The second-order valence-corrected chi connectivity index (χ2v) is 7.70. The van der Waals surface area contributed by atoms with Crippen LogP contribution in [0.25, 0.3) is 0 Å². The lowest BCUT2D eigenvalue weighted by Crippen LogP contribution is -2.32. The Morgan fingerprint density at radius 3 is 2.41 bits per heavy atom. The number of benzene rings is 2. The molecule has 8 heteroatoms. The number of rotatable bonds is 6. The van der Waals surface area contributed by atoms with Crippen LogP contribution in [0.1, 0.15) is 30.9 Å². The van der Waals surface area contributed by atoms with Crippen molar-refractivity contribution in [3.63, 3.8) is 0 Å². The van der Waals surface area contributed by atoms with Crippen LogP contribution in [-0.4, -0.2) is 14.9 Å². The molecule has 2 aromatic carbocycles. The van der Waals surface area contributed by atoms with E-state index in [1.807, 2.05) is 48.5 Å². The number of thioether (sulfide) groups is 1. The van der Waals surface area contributed by atoms with E-state index in [-0.39, 0.29) is 5.82 Å². The maximum atomic E-state index is 12.5. The second kappa shape index (κ2) is 8.45. The molecule has 6 nitrogen and oxygen atoms in total. The van der Waals surface area contributed by atoms with Gasteiger partial charge in [0.05, 0.1) is 0 Å². The average Bonchev–Trinajstić information content (AvgIpc) is 2.66. The van der Waals surface area contributed by atoms with Gasteiger partial charge >= 0.3 is 5.56 Å². The summed E-state index contributed by atoms with van der Waals surface area (Å²) in [5.74, 6) is 7.04. The van der Waals surface area contributed by atoms with Crippen LogP contribution in [-0.2, 0) is 5.75 Å². The van der Waals surface area contributed by atoms with Crippen molar-refractivity contribution in [1.82, 2.24) is 14.9 Å². The zero-order valence-electron chi connectivity index (χ0n) is 15.0. The first kappa shape index (κ1) is 19.3. The highest BCUT2D eigenvalue weighted by Gasteiger charge is 2.11. The summed E-state index contributed by atoms with van der Waals surface area (Å²) in [6.07, 6.45) is 0. The minimum Gasteiger partial charge on any atom is -0.334 e. The fraction of sp³-hybridized carbons (Fsp3) is 0.211. The Bertz CT molecular complexity index is 971. The molecule has 3 N–H and O–H groups in total. The molecule has 0 aliphatic rings. The number of anilines is 2. The third kappa shape index (κ3) is 4.81. The van der Waals surface area contributed by atoms with Crippen LogP contribution in [0.3, 0.4) is 0 Å². The van der Waals surface area contributed by atoms with Crippen LogP contribution in [0.2, 0.25) is 5.02 Å². The number of nitrogens with zero attached hydrogens (tertiary/aromatic N) is 3. The maximum absolute atomic E-state index is 12.5. The van der Waals surface area contributed by atoms with Crippen molar-refractivity contribution in [3.05, 3.63) is 75.0 Å². The van der Waals surface area contributed by atoms with Crippen molar-refractivity contribution >= 4 is 34.9 Å². The predicted octanol–water partition coefficient (Wildman–Crippen LogP) is 4.16. The van der Waals surface area contributed by atoms with Crippen LogP contribution < -0.4 is 16.7 Å². The summed E-state index contributed by atoms with van der Waals surface area (Å²) in [4.78, 5) is 12.5. The summed E-state index contributed by atoms with van der Waals surface area (Å²) in [5.41, 5.74) is 2.59. The molecule has 0 aliphatic carbocycles. The minimum atomic E-state index is -0.434. The first-order valence-corrected chi connectivity index (χ1v) is 9.79. The molecule has 0 saturated heterocycles. The molecule has 0 bridgehead atoms. The standard InChI is InChI=1S/C19H20ClN5OS/c1-12(2)14-5-9-16(10-6-14)22-17-18(26)25(21)19(24-23-17)27-11-13-3-7-15(20)8-4-13/h3-10,12H,11,21H2,1-2H3,(H,22,23). The van der Waals surface area contributed by atoms with E-state index in [2.05, 4.69) is 29.4 Å². The lowest BCUT2D eigenvalue weighted by atomic mass is 10.0. The van der Waals surface area contributed by atoms with Crippen molar-refractivity contribution in [3.8, 4) is 0 Å². The van der Waals surface area contributed by atoms with Crippen molar-refractivity contribution in [2.45, 2.75) is 30.7 Å². The summed E-state index contributed by atoms with van der Waals surface area (Å²) >= 11 is 7.21. The van der Waals surface area contributed by atoms with Gasteiger partial charge in [0.2, 0.25) is 11.0 Å². The first-order valence-electron chi connectivity index (χ1n) is 8.43. The number of nitrogens with one attached hydrogen (secondary N) is 1. The SMILES string of the molecule is CC(C)c1ccc(Nc2nnc(SCc3ccc(Cl)cc3)n(N)c2=O)cc1. The fourth-order valence-electron chi connectivity index (χ4n) is 2.38. The minimum absolute atomic E-state index is 0.0886. The maximum Gasteiger partial charge on any atom is 0.315 e. The first-order chi connectivity index (χ1) is 12.9. The van der Waals surface area contributed by atoms with Gasteiger partial charge in [-0.3, -0.25) is 4.79 Å². The monoisotopic (exact) mass is 401 g/mol. The van der Waals surface area contributed by atoms with E-state index < -0.39 is 5.56 Å². The van der Waals surface area contributed by atoms with Gasteiger partial charge in [-0.2, -0.15) is 4.68 Å². The zero-order chi connectivity index (χ0) is 19.4. The van der Waals surface area contributed by atoms with Crippen molar-refractivity contribution in [2.75, 3.05) is 11.2 Å². The van der Waals surface area contributed by atoms with Crippen molar-refractivity contribution in [1.29, 1.82) is 0 Å². The molecular weight excluding hydrogens is 382 g/mol. The van der Waals surface area contributed by atoms with E-state index in [9.17, 15) is 4.79 Å². The van der Waals surface area contributed by atoms with Crippen LogP contribution in [0.4, 0.5) is 11.5 Å². The number of halogens is 1. The largest absolute Gasteiger partial charge is 0.334 e. The Morgan fingerprint density at radius 1 is 1.11 bits per heavy atom. The van der Waals surface area contributed by atoms with Gasteiger partial charge in [-0.05, 0) is 41.3 Å². The third-order valence-electron chi connectivity index (χ3n) is 3.98. The summed E-state index contributed by atoms with van der Waals surface area (Å²) < 4.78 is 1.01.